The Hall–Kier alpha value is -3.13. The molecule has 0 spiro atoms. The number of sulfone groups is 1. The molecule has 1 saturated carbocycles. The number of nitrogens with one attached hydrogen (secondary N) is 1. The first-order chi connectivity index (χ1) is 19.3. The number of hydrogen-bond donors (Lipinski definition) is 1. The summed E-state index contributed by atoms with van der Waals surface area (Å²) in [7, 11) is 0.846. The average molecular weight is 585 g/mol. The highest BCUT2D eigenvalue weighted by Crippen LogP contribution is 2.33. The van der Waals surface area contributed by atoms with Gasteiger partial charge in [-0.2, -0.15) is 0 Å². The molecule has 13 heteroatoms. The zero-order valence-electron chi connectivity index (χ0n) is 22.4. The molecular formula is C27H32N6O5S2. The van der Waals surface area contributed by atoms with Gasteiger partial charge in [-0.15, -0.1) is 0 Å². The molecule has 1 N–H and O–H groups in total. The minimum Gasteiger partial charge on any atom is -0.389 e. The molecular weight excluding hydrogens is 552 g/mol. The zero-order chi connectivity index (χ0) is 27.9. The van der Waals surface area contributed by atoms with Crippen LogP contribution in [0.15, 0.2) is 46.4 Å². The summed E-state index contributed by atoms with van der Waals surface area (Å²) in [5.41, 5.74) is 1.17. The molecule has 2 atom stereocenters. The second-order valence-corrected chi connectivity index (χ2v) is 13.8. The van der Waals surface area contributed by atoms with Gasteiger partial charge in [0.05, 0.1) is 23.4 Å². The highest BCUT2D eigenvalue weighted by Gasteiger charge is 2.37. The molecule has 2 saturated heterocycles. The van der Waals surface area contributed by atoms with E-state index in [1.165, 1.54) is 23.5 Å². The van der Waals surface area contributed by atoms with Crippen LogP contribution in [0.4, 0.5) is 10.9 Å². The maximum atomic E-state index is 13.4. The van der Waals surface area contributed by atoms with Crippen LogP contribution >= 0.6 is 11.3 Å². The van der Waals surface area contributed by atoms with E-state index >= 15 is 0 Å². The molecule has 212 valence electrons. The number of fused-ring (bicyclic) bond motifs is 1. The maximum Gasteiger partial charge on any atom is 0.280 e. The summed E-state index contributed by atoms with van der Waals surface area (Å²) in [6.07, 6.45) is 2.88. The number of nitrogens with zero attached hydrogens (tertiary/aromatic N) is 5. The highest BCUT2D eigenvalue weighted by atomic mass is 32.2. The lowest BCUT2D eigenvalue weighted by atomic mass is 10.1. The quantitative estimate of drug-likeness (QED) is 0.298. The van der Waals surface area contributed by atoms with Gasteiger partial charge in [0.1, 0.15) is 16.2 Å². The van der Waals surface area contributed by atoms with E-state index in [0.717, 1.165) is 30.2 Å². The molecule has 0 bridgehead atoms. The van der Waals surface area contributed by atoms with Gasteiger partial charge in [-0.3, -0.25) is 10.1 Å². The van der Waals surface area contributed by atoms with E-state index in [2.05, 4.69) is 39.4 Å². The van der Waals surface area contributed by atoms with Crippen LogP contribution in [0.2, 0.25) is 0 Å². The Morgan fingerprint density at radius 1 is 1.12 bits per heavy atom. The molecule has 3 aromatic rings. The van der Waals surface area contributed by atoms with Crippen LogP contribution in [-0.2, 0) is 24.2 Å². The van der Waals surface area contributed by atoms with Crippen molar-refractivity contribution in [2.75, 3.05) is 50.6 Å². The van der Waals surface area contributed by atoms with E-state index in [4.69, 9.17) is 14.6 Å². The van der Waals surface area contributed by atoms with Gasteiger partial charge in [-0.05, 0) is 57.6 Å². The number of anilines is 2. The van der Waals surface area contributed by atoms with Crippen molar-refractivity contribution in [2.24, 2.45) is 5.16 Å². The molecule has 4 heterocycles. The summed E-state index contributed by atoms with van der Waals surface area (Å²) in [6.45, 7) is 2.83. The topological polar surface area (TPSA) is 126 Å². The van der Waals surface area contributed by atoms with Crippen molar-refractivity contribution in [3.8, 4) is 0 Å². The Labute approximate surface area is 237 Å². The van der Waals surface area contributed by atoms with Gasteiger partial charge in [0.25, 0.3) is 5.91 Å². The number of carbonyl (C=O) groups excluding carboxylic acids is 1. The molecule has 1 aliphatic carbocycles. The first-order valence-corrected chi connectivity index (χ1v) is 15.8. The molecule has 40 heavy (non-hydrogen) atoms. The van der Waals surface area contributed by atoms with Gasteiger partial charge in [0, 0.05) is 31.1 Å². The van der Waals surface area contributed by atoms with Gasteiger partial charge in [0.15, 0.2) is 26.8 Å². The summed E-state index contributed by atoms with van der Waals surface area (Å²) in [5, 5.41) is 7.10. The van der Waals surface area contributed by atoms with Gasteiger partial charge in [0.2, 0.25) is 0 Å². The lowest BCUT2D eigenvalue weighted by Gasteiger charge is -2.20. The first-order valence-electron chi connectivity index (χ1n) is 13.4. The molecule has 1 aromatic carbocycles. The highest BCUT2D eigenvalue weighted by molar-refractivity contribution is 7.92. The van der Waals surface area contributed by atoms with E-state index in [1.807, 2.05) is 12.1 Å². The molecule has 1 amide bonds. The number of benzene rings is 1. The van der Waals surface area contributed by atoms with E-state index < -0.39 is 15.7 Å². The predicted molar refractivity (Wildman–Crippen MR) is 154 cm³/mol. The van der Waals surface area contributed by atoms with Crippen LogP contribution in [0.25, 0.3) is 10.3 Å². The van der Waals surface area contributed by atoms with Crippen LogP contribution in [-0.4, -0.2) is 92.7 Å². The number of rotatable bonds is 9. The number of amides is 1. The van der Waals surface area contributed by atoms with E-state index in [9.17, 15) is 13.2 Å². The van der Waals surface area contributed by atoms with Crippen molar-refractivity contribution in [3.63, 3.8) is 0 Å². The summed E-state index contributed by atoms with van der Waals surface area (Å²) < 4.78 is 30.6. The van der Waals surface area contributed by atoms with Crippen molar-refractivity contribution < 1.29 is 22.8 Å². The summed E-state index contributed by atoms with van der Waals surface area (Å²) >= 11 is 1.29. The molecule has 0 radical (unpaired) electrons. The molecule has 11 nitrogen and oxygen atoms in total. The van der Waals surface area contributed by atoms with E-state index in [1.54, 1.807) is 12.1 Å². The molecule has 3 fully saturated rings. The molecule has 3 aliphatic rings. The molecule has 6 rings (SSSR count). The van der Waals surface area contributed by atoms with Crippen LogP contribution in [0.3, 0.4) is 0 Å². The Morgan fingerprint density at radius 2 is 1.93 bits per heavy atom. The zero-order valence-corrected chi connectivity index (χ0v) is 24.1. The largest absolute Gasteiger partial charge is 0.389 e. The van der Waals surface area contributed by atoms with Crippen LogP contribution < -0.4 is 10.2 Å². The Balaban J connectivity index is 1.22. The summed E-state index contributed by atoms with van der Waals surface area (Å²) in [5.74, 6) is 0.387. The minimum atomic E-state index is -3.34. The molecule has 2 aliphatic heterocycles. The normalized spacial score (nSPS) is 21.9. The Morgan fingerprint density at radius 3 is 2.60 bits per heavy atom. The number of thiazole rings is 1. The van der Waals surface area contributed by atoms with E-state index in [-0.39, 0.29) is 22.0 Å². The third kappa shape index (κ3) is 5.69. The van der Waals surface area contributed by atoms with Gasteiger partial charge in [-0.1, -0.05) is 28.6 Å². The monoisotopic (exact) mass is 584 g/mol. The smallest absolute Gasteiger partial charge is 0.280 e. The van der Waals surface area contributed by atoms with Gasteiger partial charge in [-0.25, -0.2) is 18.4 Å². The average Bonchev–Trinajstić information content (AvgIpc) is 3.31. The minimum absolute atomic E-state index is 0.0296. The van der Waals surface area contributed by atoms with Crippen molar-refractivity contribution in [2.45, 2.75) is 48.0 Å². The van der Waals surface area contributed by atoms with Crippen molar-refractivity contribution >= 4 is 54.1 Å². The Bertz CT molecular complexity index is 1530. The Kier molecular flexibility index (Phi) is 7.46. The number of ether oxygens (including phenoxy) is 1. The number of pyridine rings is 1. The number of carbonyl (C=O) groups is 1. The molecule has 2 aromatic heterocycles. The van der Waals surface area contributed by atoms with Gasteiger partial charge < -0.3 is 19.4 Å². The van der Waals surface area contributed by atoms with E-state index in [0.29, 0.717) is 54.7 Å². The lowest BCUT2D eigenvalue weighted by molar-refractivity contribution is -0.110. The van der Waals surface area contributed by atoms with Crippen molar-refractivity contribution in [1.29, 1.82) is 0 Å². The third-order valence-corrected chi connectivity index (χ3v) is 10.7. The fourth-order valence-electron chi connectivity index (χ4n) is 4.89. The fourth-order valence-corrected chi connectivity index (χ4v) is 7.37. The fraction of sp³-hybridized carbons (Fsp3) is 0.481. The SMILES string of the molecule is CN(C)C1CCN(c2ccc3nc(NC(=O)C(=NO[C@@H]4CCOC4)c4ccc(S(=O)(=O)C5CC5)cc4)sc3n2)C1. The number of likely N-dealkylation sites (N-methyl/N-ethyl adjacent to an activating group) is 1. The number of oxime groups is 1. The summed E-state index contributed by atoms with van der Waals surface area (Å²) in [4.78, 5) is 33.9. The van der Waals surface area contributed by atoms with Crippen molar-refractivity contribution in [1.82, 2.24) is 14.9 Å². The van der Waals surface area contributed by atoms with Crippen molar-refractivity contribution in [3.05, 3.63) is 42.0 Å². The summed E-state index contributed by atoms with van der Waals surface area (Å²) in [6, 6.07) is 10.6. The number of hydrogen-bond acceptors (Lipinski definition) is 11. The lowest BCUT2D eigenvalue weighted by Crippen LogP contribution is -2.31. The molecule has 1 unspecified atom stereocenters. The first kappa shape index (κ1) is 27.1. The standard InChI is InChI=1S/C27H32N6O5S2/c1-32(2)18-11-13-33(15-18)23-10-9-22-26(29-23)39-27(28-22)30-25(34)24(31-38-19-12-14-37-16-19)17-3-5-20(6-4-17)40(35,36)21-7-8-21/h3-6,9-10,18-19,21H,7-8,11-16H2,1-2H3,(H,28,30,34)/t18?,19-/m1/s1. The third-order valence-electron chi connectivity index (χ3n) is 7.49. The van der Waals surface area contributed by atoms with Crippen LogP contribution in [0.1, 0.15) is 31.2 Å². The van der Waals surface area contributed by atoms with Gasteiger partial charge >= 0.3 is 0 Å². The van der Waals surface area contributed by atoms with Crippen LogP contribution in [0.5, 0.6) is 0 Å². The second kappa shape index (κ2) is 11.0. The number of aromatic nitrogens is 2. The second-order valence-electron chi connectivity index (χ2n) is 10.6. The predicted octanol–water partition coefficient (Wildman–Crippen LogP) is 2.92. The van der Waals surface area contributed by atoms with Crippen LogP contribution in [0, 0.1) is 0 Å². The maximum absolute atomic E-state index is 13.4.